The molecule has 29 heavy (non-hydrogen) atoms. The van der Waals surface area contributed by atoms with E-state index in [4.69, 9.17) is 0 Å². The minimum absolute atomic E-state index is 0.240. The number of hydrogen-bond acceptors (Lipinski definition) is 2. The Balaban J connectivity index is 1.85. The van der Waals surface area contributed by atoms with E-state index in [0.717, 1.165) is 36.5 Å². The molecule has 0 aliphatic carbocycles. The van der Waals surface area contributed by atoms with Crippen LogP contribution in [-0.4, -0.2) is 13.4 Å². The van der Waals surface area contributed by atoms with Crippen molar-refractivity contribution in [2.75, 3.05) is 0 Å². The van der Waals surface area contributed by atoms with E-state index in [1.807, 2.05) is 55.6 Å². The van der Waals surface area contributed by atoms with Crippen molar-refractivity contribution in [3.05, 3.63) is 98.6 Å². The molecule has 0 bridgehead atoms. The molecule has 2 N–H and O–H groups in total. The third-order valence-corrected chi connectivity index (χ3v) is 7.20. The quantitative estimate of drug-likeness (QED) is 0.327. The highest BCUT2D eigenvalue weighted by molar-refractivity contribution is 9.10. The fraction of sp³-hybridized carbons (Fsp3) is 0.0909. The molecule has 0 unspecified atom stereocenters. The second-order valence-electron chi connectivity index (χ2n) is 6.86. The molecular formula is C22H18Br2N2O2S. The molecule has 0 fully saturated rings. The number of H-pyrrole nitrogens is 1. The summed E-state index contributed by atoms with van der Waals surface area (Å²) in [6, 6.07) is 19.9. The Morgan fingerprint density at radius 2 is 1.66 bits per heavy atom. The minimum atomic E-state index is -3.73. The highest BCUT2D eigenvalue weighted by atomic mass is 79.9. The summed E-state index contributed by atoms with van der Waals surface area (Å²) < 4.78 is 31.1. The van der Waals surface area contributed by atoms with Crippen LogP contribution in [0, 0.1) is 6.92 Å². The molecule has 0 aliphatic rings. The standard InChI is InChI=1S/C22H18Br2N2O2S/c1-14-5-8-18(9-6-14)29(27,28)26-22(15-3-2-4-16(23)11-15)20-13-25-21-10-7-17(24)12-19(20)21/h2-13,22,25-26H,1H3/t22-/m0/s1. The molecule has 3 aromatic carbocycles. The van der Waals surface area contributed by atoms with Crippen molar-refractivity contribution in [3.8, 4) is 0 Å². The van der Waals surface area contributed by atoms with Crippen LogP contribution >= 0.6 is 31.9 Å². The Kier molecular flexibility index (Phi) is 5.66. The number of fused-ring (bicyclic) bond motifs is 1. The van der Waals surface area contributed by atoms with Gasteiger partial charge in [0, 0.05) is 26.0 Å². The molecule has 7 heteroatoms. The third kappa shape index (κ3) is 4.33. The summed E-state index contributed by atoms with van der Waals surface area (Å²) in [7, 11) is -3.73. The number of benzene rings is 3. The van der Waals surface area contributed by atoms with Gasteiger partial charge >= 0.3 is 0 Å². The zero-order valence-corrected chi connectivity index (χ0v) is 19.5. The van der Waals surface area contributed by atoms with E-state index in [0.29, 0.717) is 0 Å². The van der Waals surface area contributed by atoms with Crippen LogP contribution < -0.4 is 4.72 Å². The van der Waals surface area contributed by atoms with Crippen molar-refractivity contribution < 1.29 is 8.42 Å². The summed E-state index contributed by atoms with van der Waals surface area (Å²) in [6.45, 7) is 1.93. The van der Waals surface area contributed by atoms with Gasteiger partial charge in [0.1, 0.15) is 0 Å². The number of sulfonamides is 1. The summed E-state index contributed by atoms with van der Waals surface area (Å²) in [6.07, 6.45) is 1.86. The maximum atomic E-state index is 13.2. The second kappa shape index (κ2) is 8.07. The van der Waals surface area contributed by atoms with Gasteiger partial charge in [0.25, 0.3) is 0 Å². The predicted molar refractivity (Wildman–Crippen MR) is 123 cm³/mol. The number of halogens is 2. The molecule has 0 saturated heterocycles. The van der Waals surface area contributed by atoms with Crippen LogP contribution in [0.4, 0.5) is 0 Å². The van der Waals surface area contributed by atoms with Crippen molar-refractivity contribution in [2.45, 2.75) is 17.9 Å². The van der Waals surface area contributed by atoms with Crippen LogP contribution in [0.1, 0.15) is 22.7 Å². The van der Waals surface area contributed by atoms with E-state index in [1.54, 1.807) is 24.3 Å². The highest BCUT2D eigenvalue weighted by Crippen LogP contribution is 2.33. The average molecular weight is 534 g/mol. The van der Waals surface area contributed by atoms with Crippen LogP contribution in [0.2, 0.25) is 0 Å². The second-order valence-corrected chi connectivity index (χ2v) is 10.4. The van der Waals surface area contributed by atoms with Gasteiger partial charge in [-0.1, -0.05) is 61.7 Å². The largest absolute Gasteiger partial charge is 0.361 e. The van der Waals surface area contributed by atoms with Crippen LogP contribution in [0.3, 0.4) is 0 Å². The van der Waals surface area contributed by atoms with Gasteiger partial charge in [0.2, 0.25) is 10.0 Å². The number of rotatable bonds is 5. The van der Waals surface area contributed by atoms with Gasteiger partial charge < -0.3 is 4.98 Å². The molecule has 0 saturated carbocycles. The van der Waals surface area contributed by atoms with Gasteiger partial charge in [-0.3, -0.25) is 0 Å². The maximum Gasteiger partial charge on any atom is 0.241 e. The van der Waals surface area contributed by atoms with E-state index in [9.17, 15) is 8.42 Å². The van der Waals surface area contributed by atoms with Gasteiger partial charge in [0.05, 0.1) is 10.9 Å². The van der Waals surface area contributed by atoms with Crippen molar-refractivity contribution in [1.82, 2.24) is 9.71 Å². The summed E-state index contributed by atoms with van der Waals surface area (Å²) in [5, 5.41) is 0.955. The van der Waals surface area contributed by atoms with Gasteiger partial charge in [-0.05, 0) is 60.5 Å². The summed E-state index contributed by atoms with van der Waals surface area (Å²) in [5.41, 5.74) is 3.65. The van der Waals surface area contributed by atoms with Crippen molar-refractivity contribution in [2.24, 2.45) is 0 Å². The lowest BCUT2D eigenvalue weighted by Gasteiger charge is -2.20. The van der Waals surface area contributed by atoms with Gasteiger partial charge in [-0.15, -0.1) is 0 Å². The van der Waals surface area contributed by atoms with E-state index < -0.39 is 16.1 Å². The van der Waals surface area contributed by atoms with Crippen LogP contribution in [0.15, 0.2) is 86.8 Å². The molecule has 0 amide bonds. The zero-order chi connectivity index (χ0) is 20.6. The Bertz CT molecular complexity index is 1280. The first-order chi connectivity index (χ1) is 13.8. The Morgan fingerprint density at radius 1 is 0.931 bits per heavy atom. The molecule has 1 heterocycles. The maximum absolute atomic E-state index is 13.2. The number of aryl methyl sites for hydroxylation is 1. The van der Waals surface area contributed by atoms with Crippen molar-refractivity contribution in [3.63, 3.8) is 0 Å². The number of aromatic amines is 1. The molecule has 4 rings (SSSR count). The van der Waals surface area contributed by atoms with Crippen LogP contribution in [0.5, 0.6) is 0 Å². The lowest BCUT2D eigenvalue weighted by atomic mass is 9.99. The first-order valence-electron chi connectivity index (χ1n) is 8.94. The van der Waals surface area contributed by atoms with Crippen molar-refractivity contribution in [1.29, 1.82) is 0 Å². The number of hydrogen-bond donors (Lipinski definition) is 2. The normalized spacial score (nSPS) is 12.9. The van der Waals surface area contributed by atoms with E-state index in [-0.39, 0.29) is 4.90 Å². The lowest BCUT2D eigenvalue weighted by Crippen LogP contribution is -2.29. The Morgan fingerprint density at radius 3 is 2.38 bits per heavy atom. The first-order valence-corrected chi connectivity index (χ1v) is 12.0. The van der Waals surface area contributed by atoms with Crippen molar-refractivity contribution >= 4 is 52.8 Å². The molecule has 148 valence electrons. The van der Waals surface area contributed by atoms with E-state index >= 15 is 0 Å². The predicted octanol–water partition coefficient (Wildman–Crippen LogP) is 6.07. The van der Waals surface area contributed by atoms with E-state index in [2.05, 4.69) is 41.6 Å². The summed E-state index contributed by atoms with van der Waals surface area (Å²) in [5.74, 6) is 0. The molecule has 0 radical (unpaired) electrons. The Hall–Kier alpha value is -1.93. The number of nitrogens with one attached hydrogen (secondary N) is 2. The summed E-state index contributed by atoms with van der Waals surface area (Å²) in [4.78, 5) is 3.49. The highest BCUT2D eigenvalue weighted by Gasteiger charge is 2.25. The van der Waals surface area contributed by atoms with E-state index in [1.165, 1.54) is 0 Å². The first kappa shape index (κ1) is 20.3. The lowest BCUT2D eigenvalue weighted by molar-refractivity contribution is 0.572. The molecule has 0 spiro atoms. The SMILES string of the molecule is Cc1ccc(S(=O)(=O)N[C@@H](c2cccc(Br)c2)c2c[nH]c3ccc(Br)cc23)cc1. The fourth-order valence-corrected chi connectivity index (χ4v) is 5.27. The molecule has 1 aromatic heterocycles. The molecule has 4 aromatic rings. The molecule has 0 aliphatic heterocycles. The van der Waals surface area contributed by atoms with Crippen LogP contribution in [-0.2, 0) is 10.0 Å². The van der Waals surface area contributed by atoms with Gasteiger partial charge in [-0.25, -0.2) is 8.42 Å². The fourth-order valence-electron chi connectivity index (χ4n) is 3.29. The average Bonchev–Trinajstić information content (AvgIpc) is 3.09. The smallest absolute Gasteiger partial charge is 0.241 e. The number of aromatic nitrogens is 1. The molecule has 4 nitrogen and oxygen atoms in total. The third-order valence-electron chi connectivity index (χ3n) is 4.77. The van der Waals surface area contributed by atoms with Crippen LogP contribution in [0.25, 0.3) is 10.9 Å². The summed E-state index contributed by atoms with van der Waals surface area (Å²) >= 11 is 7.01. The molecular weight excluding hydrogens is 516 g/mol. The van der Waals surface area contributed by atoms with Gasteiger partial charge in [-0.2, -0.15) is 4.72 Å². The topological polar surface area (TPSA) is 62.0 Å². The monoisotopic (exact) mass is 532 g/mol. The molecule has 1 atom stereocenters. The Labute approximate surface area is 186 Å². The van der Waals surface area contributed by atoms with Gasteiger partial charge in [0.15, 0.2) is 0 Å². The minimum Gasteiger partial charge on any atom is -0.361 e. The zero-order valence-electron chi connectivity index (χ0n) is 15.5.